The van der Waals surface area contributed by atoms with Crippen molar-refractivity contribution in [1.82, 2.24) is 20.1 Å². The molecule has 2 aliphatic rings. The number of para-hydroxylation sites is 1. The first-order chi connectivity index (χ1) is 13.5. The number of carbonyl (C=O) groups excluding carboxylic acids is 1. The number of nitrogens with zero attached hydrogens (tertiary/aromatic N) is 3. The summed E-state index contributed by atoms with van der Waals surface area (Å²) in [5.74, 6) is 0.504. The molecule has 0 unspecified atom stereocenters. The van der Waals surface area contributed by atoms with E-state index in [0.29, 0.717) is 18.8 Å². The number of anilines is 1. The number of halogens is 1. The zero-order chi connectivity index (χ0) is 19.5. The van der Waals surface area contributed by atoms with E-state index >= 15 is 0 Å². The summed E-state index contributed by atoms with van der Waals surface area (Å²) in [7, 11) is 0. The number of benzene rings is 1. The predicted octanol–water partition coefficient (Wildman–Crippen LogP) is 3.20. The number of fused-ring (bicyclic) bond motifs is 2. The Labute approximate surface area is 162 Å². The monoisotopic (exact) mass is 379 g/mol. The Morgan fingerprint density at radius 2 is 2.07 bits per heavy atom. The lowest BCUT2D eigenvalue weighted by Crippen LogP contribution is -2.39. The largest absolute Gasteiger partial charge is 0.314 e. The predicted molar refractivity (Wildman–Crippen MR) is 106 cm³/mol. The summed E-state index contributed by atoms with van der Waals surface area (Å²) in [5.41, 5.74) is 2.68. The number of piperidine rings is 1. The van der Waals surface area contributed by atoms with Crippen molar-refractivity contribution in [2.45, 2.75) is 37.9 Å². The van der Waals surface area contributed by atoms with Crippen LogP contribution in [0, 0.1) is 0 Å². The van der Waals surface area contributed by atoms with Gasteiger partial charge in [-0.15, -0.1) is 0 Å². The third kappa shape index (κ3) is 2.39. The zero-order valence-electron chi connectivity index (χ0n) is 15.9. The van der Waals surface area contributed by atoms with Crippen molar-refractivity contribution in [2.75, 3.05) is 18.4 Å². The van der Waals surface area contributed by atoms with E-state index in [9.17, 15) is 9.18 Å². The van der Waals surface area contributed by atoms with Gasteiger partial charge in [0.15, 0.2) is 0 Å². The molecule has 2 aliphatic heterocycles. The zero-order valence-corrected chi connectivity index (χ0v) is 15.9. The Hall–Kier alpha value is -2.80. The number of pyridine rings is 1. The van der Waals surface area contributed by atoms with E-state index in [1.807, 2.05) is 48.9 Å². The lowest BCUT2D eigenvalue weighted by Gasteiger charge is -2.27. The maximum absolute atomic E-state index is 14.7. The molecular formula is C21H22FN5O. The SMILES string of the molecule is CC1(C)C(=O)Nc2nccc(-c3nn([C@@H]4CCNC[C@H]4F)c4ccccc34)c21. The van der Waals surface area contributed by atoms with E-state index in [-0.39, 0.29) is 11.9 Å². The Morgan fingerprint density at radius 3 is 2.89 bits per heavy atom. The van der Waals surface area contributed by atoms with Crippen LogP contribution in [0.4, 0.5) is 10.2 Å². The molecular weight excluding hydrogens is 357 g/mol. The van der Waals surface area contributed by atoms with Gasteiger partial charge in [0, 0.05) is 29.3 Å². The quantitative estimate of drug-likeness (QED) is 0.717. The summed E-state index contributed by atoms with van der Waals surface area (Å²) in [4.78, 5) is 16.8. The number of carbonyl (C=O) groups is 1. The molecule has 3 aromatic rings. The van der Waals surface area contributed by atoms with Crippen LogP contribution in [0.15, 0.2) is 36.5 Å². The van der Waals surface area contributed by atoms with Crippen LogP contribution in [0.25, 0.3) is 22.2 Å². The van der Waals surface area contributed by atoms with Crippen molar-refractivity contribution in [2.24, 2.45) is 0 Å². The molecule has 0 saturated carbocycles. The van der Waals surface area contributed by atoms with E-state index < -0.39 is 11.6 Å². The molecule has 0 aliphatic carbocycles. The highest BCUT2D eigenvalue weighted by molar-refractivity contribution is 6.08. The van der Waals surface area contributed by atoms with Crippen molar-refractivity contribution < 1.29 is 9.18 Å². The smallest absolute Gasteiger partial charge is 0.235 e. The fourth-order valence-electron chi connectivity index (χ4n) is 4.39. The first kappa shape index (κ1) is 17.3. The molecule has 1 saturated heterocycles. The minimum absolute atomic E-state index is 0.0756. The van der Waals surface area contributed by atoms with Crippen molar-refractivity contribution in [3.8, 4) is 11.3 Å². The van der Waals surface area contributed by atoms with Gasteiger partial charge in [-0.05, 0) is 38.9 Å². The van der Waals surface area contributed by atoms with Crippen molar-refractivity contribution in [1.29, 1.82) is 0 Å². The summed E-state index contributed by atoms with van der Waals surface area (Å²) < 4.78 is 16.5. The fraction of sp³-hybridized carbons (Fsp3) is 0.381. The topological polar surface area (TPSA) is 71.8 Å². The average molecular weight is 379 g/mol. The van der Waals surface area contributed by atoms with Crippen LogP contribution in [0.2, 0.25) is 0 Å². The summed E-state index contributed by atoms with van der Waals surface area (Å²) in [6.07, 6.45) is 1.38. The van der Waals surface area contributed by atoms with Gasteiger partial charge < -0.3 is 10.6 Å². The fourth-order valence-corrected chi connectivity index (χ4v) is 4.39. The Balaban J connectivity index is 1.75. The van der Waals surface area contributed by atoms with Crippen LogP contribution in [0.5, 0.6) is 0 Å². The number of nitrogens with one attached hydrogen (secondary N) is 2. The van der Waals surface area contributed by atoms with Gasteiger partial charge in [0.25, 0.3) is 0 Å². The van der Waals surface area contributed by atoms with Crippen LogP contribution in [0.1, 0.15) is 31.9 Å². The second-order valence-corrected chi connectivity index (χ2v) is 8.05. The van der Waals surface area contributed by atoms with E-state index in [2.05, 4.69) is 15.6 Å². The summed E-state index contributed by atoms with van der Waals surface area (Å²) in [6.45, 7) is 4.89. The minimum atomic E-state index is -0.993. The van der Waals surface area contributed by atoms with Gasteiger partial charge in [-0.2, -0.15) is 5.10 Å². The van der Waals surface area contributed by atoms with Crippen molar-refractivity contribution in [3.63, 3.8) is 0 Å². The standard InChI is InChI=1S/C21H22FN5O/c1-21(2)17-13(7-10-24-19(17)25-20(21)28)18-12-5-3-4-6-15(12)27(26-18)16-8-9-23-11-14(16)22/h3-7,10,14,16,23H,8-9,11H2,1-2H3,(H,24,25,28)/t14-,16-/m1/s1. The van der Waals surface area contributed by atoms with Gasteiger partial charge in [-0.3, -0.25) is 9.48 Å². The first-order valence-electron chi connectivity index (χ1n) is 9.62. The molecule has 0 bridgehead atoms. The highest BCUT2D eigenvalue weighted by atomic mass is 19.1. The van der Waals surface area contributed by atoms with Crippen LogP contribution in [-0.2, 0) is 10.2 Å². The molecule has 1 aromatic carbocycles. The molecule has 1 fully saturated rings. The van der Waals surface area contributed by atoms with Crippen LogP contribution in [0.3, 0.4) is 0 Å². The van der Waals surface area contributed by atoms with Gasteiger partial charge in [-0.25, -0.2) is 9.37 Å². The van der Waals surface area contributed by atoms with Gasteiger partial charge in [0.2, 0.25) is 5.91 Å². The normalized spacial score (nSPS) is 23.6. The van der Waals surface area contributed by atoms with Crippen molar-refractivity contribution in [3.05, 3.63) is 42.1 Å². The summed E-state index contributed by atoms with van der Waals surface area (Å²) in [5, 5.41) is 11.8. The Bertz CT molecular complexity index is 1090. The van der Waals surface area contributed by atoms with Crippen molar-refractivity contribution >= 4 is 22.6 Å². The van der Waals surface area contributed by atoms with Gasteiger partial charge in [0.05, 0.1) is 17.0 Å². The molecule has 5 rings (SSSR count). The molecule has 0 radical (unpaired) electrons. The number of rotatable bonds is 2. The summed E-state index contributed by atoms with van der Waals surface area (Å²) in [6, 6.07) is 9.49. The highest BCUT2D eigenvalue weighted by Gasteiger charge is 2.42. The van der Waals surface area contributed by atoms with Crippen LogP contribution < -0.4 is 10.6 Å². The van der Waals surface area contributed by atoms with Gasteiger partial charge in [0.1, 0.15) is 17.7 Å². The maximum atomic E-state index is 14.7. The van der Waals surface area contributed by atoms with E-state index in [1.165, 1.54) is 0 Å². The first-order valence-corrected chi connectivity index (χ1v) is 9.62. The number of amides is 1. The molecule has 2 aromatic heterocycles. The molecule has 2 atom stereocenters. The highest BCUT2D eigenvalue weighted by Crippen LogP contribution is 2.44. The van der Waals surface area contributed by atoms with E-state index in [4.69, 9.17) is 5.10 Å². The van der Waals surface area contributed by atoms with E-state index in [1.54, 1.807) is 6.20 Å². The Morgan fingerprint density at radius 1 is 1.25 bits per heavy atom. The molecule has 144 valence electrons. The second kappa shape index (κ2) is 6.10. The summed E-state index contributed by atoms with van der Waals surface area (Å²) >= 11 is 0. The van der Waals surface area contributed by atoms with Crippen LogP contribution in [-0.4, -0.2) is 39.9 Å². The number of hydrogen-bond donors (Lipinski definition) is 2. The number of aromatic nitrogens is 3. The van der Waals surface area contributed by atoms with Gasteiger partial charge >= 0.3 is 0 Å². The third-order valence-corrected chi connectivity index (χ3v) is 5.93. The number of alkyl halides is 1. The Kier molecular flexibility index (Phi) is 3.77. The van der Waals surface area contributed by atoms with Crippen LogP contribution >= 0.6 is 0 Å². The minimum Gasteiger partial charge on any atom is -0.314 e. The average Bonchev–Trinajstić information content (AvgIpc) is 3.18. The maximum Gasteiger partial charge on any atom is 0.235 e. The molecule has 2 N–H and O–H groups in total. The number of hydrogen-bond acceptors (Lipinski definition) is 4. The molecule has 4 heterocycles. The lowest BCUT2D eigenvalue weighted by molar-refractivity contribution is -0.119. The van der Waals surface area contributed by atoms with E-state index in [0.717, 1.165) is 34.3 Å². The third-order valence-electron chi connectivity index (χ3n) is 5.93. The van der Waals surface area contributed by atoms with Gasteiger partial charge in [-0.1, -0.05) is 18.2 Å². The molecule has 7 heteroatoms. The lowest BCUT2D eigenvalue weighted by atomic mass is 9.83. The second-order valence-electron chi connectivity index (χ2n) is 8.05. The molecule has 1 amide bonds. The molecule has 6 nitrogen and oxygen atoms in total. The molecule has 0 spiro atoms. The molecule has 28 heavy (non-hydrogen) atoms.